The van der Waals surface area contributed by atoms with Crippen LogP contribution in [0.4, 0.5) is 0 Å². The molecule has 1 aromatic heterocycles. The maximum Gasteiger partial charge on any atom is 0.251 e. The van der Waals surface area contributed by atoms with E-state index in [0.29, 0.717) is 34.8 Å². The van der Waals surface area contributed by atoms with Gasteiger partial charge in [-0.1, -0.05) is 23.4 Å². The maximum absolute atomic E-state index is 11.6. The molecule has 23 heavy (non-hydrogen) atoms. The average Bonchev–Trinajstić information content (AvgIpc) is 2.51. The van der Waals surface area contributed by atoms with Gasteiger partial charge in [0, 0.05) is 16.8 Å². The Morgan fingerprint density at radius 3 is 2.74 bits per heavy atom. The molecular formula is C16H19ClN2O3S. The third-order valence-corrected chi connectivity index (χ3v) is 3.83. The first-order valence-corrected chi connectivity index (χ1v) is 8.62. The Bertz CT molecular complexity index is 674. The molecule has 0 amide bonds. The summed E-state index contributed by atoms with van der Waals surface area (Å²) in [5, 5.41) is 1.24. The van der Waals surface area contributed by atoms with E-state index in [1.54, 1.807) is 12.1 Å². The minimum absolute atomic E-state index is 0.0972. The number of halogens is 1. The number of hydrogen-bond donors (Lipinski definition) is 1. The van der Waals surface area contributed by atoms with Crippen LogP contribution in [0, 0.1) is 0 Å². The Balaban J connectivity index is 1.82. The van der Waals surface area contributed by atoms with Crippen LogP contribution < -0.4 is 10.3 Å². The van der Waals surface area contributed by atoms with Gasteiger partial charge in [0.1, 0.15) is 5.75 Å². The van der Waals surface area contributed by atoms with Gasteiger partial charge in [0.25, 0.3) is 5.56 Å². The molecule has 124 valence electrons. The Kier molecular flexibility index (Phi) is 6.95. The van der Waals surface area contributed by atoms with E-state index in [-0.39, 0.29) is 11.7 Å². The van der Waals surface area contributed by atoms with Gasteiger partial charge in [-0.25, -0.2) is 4.98 Å². The average molecular weight is 355 g/mol. The molecule has 2 rings (SSSR count). The largest absolute Gasteiger partial charge is 0.493 e. The zero-order valence-electron chi connectivity index (χ0n) is 13.0. The van der Waals surface area contributed by atoms with Gasteiger partial charge in [-0.05, 0) is 38.1 Å². The van der Waals surface area contributed by atoms with Gasteiger partial charge in [0.15, 0.2) is 5.16 Å². The number of thioether (sulfide) groups is 1. The highest BCUT2D eigenvalue weighted by atomic mass is 35.5. The fourth-order valence-electron chi connectivity index (χ4n) is 1.71. The second-order valence-corrected chi connectivity index (χ2v) is 6.57. The van der Waals surface area contributed by atoms with Crippen LogP contribution in [0.1, 0.15) is 19.5 Å². The molecular weight excluding hydrogens is 336 g/mol. The molecule has 0 unspecified atom stereocenters. The minimum atomic E-state index is -0.177. The second kappa shape index (κ2) is 8.96. The summed E-state index contributed by atoms with van der Waals surface area (Å²) in [7, 11) is 0. The number of benzene rings is 1. The first-order valence-electron chi connectivity index (χ1n) is 7.26. The highest BCUT2D eigenvalue weighted by Gasteiger charge is 2.04. The standard InChI is InChI=1S/C16H19ClN2O3S/c1-11(2)22-10-13-9-15(20)19-16(18-13)23-8-7-21-14-5-3-12(17)4-6-14/h3-6,9,11H,7-8,10H2,1-2H3,(H,18,19,20). The van der Waals surface area contributed by atoms with Crippen molar-refractivity contribution in [3.8, 4) is 5.75 Å². The van der Waals surface area contributed by atoms with E-state index in [0.717, 1.165) is 5.75 Å². The van der Waals surface area contributed by atoms with Crippen molar-refractivity contribution in [1.82, 2.24) is 9.97 Å². The number of ether oxygens (including phenoxy) is 2. The van der Waals surface area contributed by atoms with Gasteiger partial charge in [-0.15, -0.1) is 0 Å². The molecule has 0 bridgehead atoms. The fourth-order valence-corrected chi connectivity index (χ4v) is 2.55. The molecule has 0 atom stereocenters. The summed E-state index contributed by atoms with van der Waals surface area (Å²) < 4.78 is 11.1. The second-order valence-electron chi connectivity index (χ2n) is 5.05. The lowest BCUT2D eigenvalue weighted by atomic mass is 10.3. The molecule has 1 N–H and O–H groups in total. The van der Waals surface area contributed by atoms with Crippen molar-refractivity contribution >= 4 is 23.4 Å². The molecule has 2 aromatic rings. The van der Waals surface area contributed by atoms with Crippen LogP contribution in [-0.2, 0) is 11.3 Å². The summed E-state index contributed by atoms with van der Waals surface area (Å²) in [5.74, 6) is 1.43. The Labute approximate surface area is 144 Å². The van der Waals surface area contributed by atoms with E-state index < -0.39 is 0 Å². The number of H-pyrrole nitrogens is 1. The smallest absolute Gasteiger partial charge is 0.251 e. The summed E-state index contributed by atoms with van der Waals surface area (Å²) in [6.45, 7) is 4.72. The molecule has 1 heterocycles. The van der Waals surface area contributed by atoms with Gasteiger partial charge in [0.05, 0.1) is 25.0 Å². The lowest BCUT2D eigenvalue weighted by Crippen LogP contribution is -2.13. The first-order chi connectivity index (χ1) is 11.0. The highest BCUT2D eigenvalue weighted by molar-refractivity contribution is 7.99. The number of aromatic amines is 1. The van der Waals surface area contributed by atoms with Crippen molar-refractivity contribution in [2.24, 2.45) is 0 Å². The minimum Gasteiger partial charge on any atom is -0.493 e. The maximum atomic E-state index is 11.6. The molecule has 1 aromatic carbocycles. The SMILES string of the molecule is CC(C)OCc1cc(=O)[nH]c(SCCOc2ccc(Cl)cc2)n1. The van der Waals surface area contributed by atoms with Crippen LogP contribution >= 0.6 is 23.4 Å². The monoisotopic (exact) mass is 354 g/mol. The molecule has 0 spiro atoms. The van der Waals surface area contributed by atoms with E-state index >= 15 is 0 Å². The summed E-state index contributed by atoms with van der Waals surface area (Å²) in [5.41, 5.74) is 0.451. The topological polar surface area (TPSA) is 64.2 Å². The summed E-state index contributed by atoms with van der Waals surface area (Å²) >= 11 is 7.25. The van der Waals surface area contributed by atoms with E-state index in [2.05, 4.69) is 9.97 Å². The van der Waals surface area contributed by atoms with E-state index in [9.17, 15) is 4.79 Å². The first kappa shape index (κ1) is 17.8. The van der Waals surface area contributed by atoms with Crippen LogP contribution in [-0.4, -0.2) is 28.4 Å². The van der Waals surface area contributed by atoms with Crippen LogP contribution in [0.2, 0.25) is 5.02 Å². The van der Waals surface area contributed by atoms with Crippen LogP contribution in [0.25, 0.3) is 0 Å². The fraction of sp³-hybridized carbons (Fsp3) is 0.375. The van der Waals surface area contributed by atoms with Crippen molar-refractivity contribution in [1.29, 1.82) is 0 Å². The Hall–Kier alpha value is -1.50. The molecule has 0 saturated heterocycles. The molecule has 0 saturated carbocycles. The molecule has 5 nitrogen and oxygen atoms in total. The van der Waals surface area contributed by atoms with Crippen molar-refractivity contribution < 1.29 is 9.47 Å². The van der Waals surface area contributed by atoms with Gasteiger partial charge in [-0.2, -0.15) is 0 Å². The van der Waals surface area contributed by atoms with Crippen molar-refractivity contribution in [3.05, 3.63) is 51.4 Å². The van der Waals surface area contributed by atoms with E-state index in [1.807, 2.05) is 26.0 Å². The zero-order valence-corrected chi connectivity index (χ0v) is 14.6. The summed E-state index contributed by atoms with van der Waals surface area (Å²) in [6.07, 6.45) is 0.0972. The zero-order chi connectivity index (χ0) is 16.7. The number of rotatable bonds is 8. The Morgan fingerprint density at radius 2 is 2.04 bits per heavy atom. The van der Waals surface area contributed by atoms with Crippen LogP contribution in [0.15, 0.2) is 40.3 Å². The lowest BCUT2D eigenvalue weighted by molar-refractivity contribution is 0.0631. The molecule has 7 heteroatoms. The van der Waals surface area contributed by atoms with Gasteiger partial charge in [0.2, 0.25) is 0 Å². The van der Waals surface area contributed by atoms with Gasteiger partial charge < -0.3 is 14.5 Å². The van der Waals surface area contributed by atoms with Gasteiger partial charge >= 0.3 is 0 Å². The molecule has 0 fully saturated rings. The van der Waals surface area contributed by atoms with Crippen molar-refractivity contribution in [3.63, 3.8) is 0 Å². The molecule has 0 aliphatic rings. The Morgan fingerprint density at radius 1 is 1.30 bits per heavy atom. The van der Waals surface area contributed by atoms with Crippen LogP contribution in [0.5, 0.6) is 5.75 Å². The predicted octanol–water partition coefficient (Wildman–Crippen LogP) is 3.52. The predicted molar refractivity (Wildman–Crippen MR) is 92.5 cm³/mol. The highest BCUT2D eigenvalue weighted by Crippen LogP contribution is 2.17. The van der Waals surface area contributed by atoms with Crippen molar-refractivity contribution in [2.75, 3.05) is 12.4 Å². The number of nitrogens with one attached hydrogen (secondary N) is 1. The quantitative estimate of drug-likeness (QED) is 0.446. The third-order valence-electron chi connectivity index (χ3n) is 2.74. The summed E-state index contributed by atoms with van der Waals surface area (Å²) in [6, 6.07) is 8.65. The van der Waals surface area contributed by atoms with Crippen molar-refractivity contribution in [2.45, 2.75) is 31.7 Å². The number of nitrogens with zero attached hydrogens (tertiary/aromatic N) is 1. The number of hydrogen-bond acceptors (Lipinski definition) is 5. The van der Waals surface area contributed by atoms with Gasteiger partial charge in [-0.3, -0.25) is 4.79 Å². The van der Waals surface area contributed by atoms with Crippen LogP contribution in [0.3, 0.4) is 0 Å². The van der Waals surface area contributed by atoms with E-state index in [1.165, 1.54) is 17.8 Å². The van der Waals surface area contributed by atoms with E-state index in [4.69, 9.17) is 21.1 Å². The molecule has 0 radical (unpaired) electrons. The molecule has 0 aliphatic carbocycles. The lowest BCUT2D eigenvalue weighted by Gasteiger charge is -2.08. The number of aromatic nitrogens is 2. The molecule has 0 aliphatic heterocycles. The normalized spacial score (nSPS) is 11.0. The third kappa shape index (κ3) is 6.64. The summed E-state index contributed by atoms with van der Waals surface area (Å²) in [4.78, 5) is 18.7.